The van der Waals surface area contributed by atoms with Gasteiger partial charge in [-0.15, -0.1) is 0 Å². The SMILES string of the molecule is CC1=NN(c2ccccc2)C(=O)[C@H]1[C@H](c1cccc(O)c1)c1c(C)[nH]n(-c2ccccc2)c1=O. The zero-order valence-corrected chi connectivity index (χ0v) is 18.8. The summed E-state index contributed by atoms with van der Waals surface area (Å²) in [6.45, 7) is 3.63. The molecule has 1 aromatic heterocycles. The summed E-state index contributed by atoms with van der Waals surface area (Å²) < 4.78 is 1.49. The van der Waals surface area contributed by atoms with Crippen LogP contribution >= 0.6 is 0 Å². The molecule has 0 unspecified atom stereocenters. The van der Waals surface area contributed by atoms with Crippen molar-refractivity contribution in [3.63, 3.8) is 0 Å². The number of phenols is 1. The third-order valence-electron chi connectivity index (χ3n) is 6.19. The second kappa shape index (κ2) is 8.51. The summed E-state index contributed by atoms with van der Waals surface area (Å²) in [4.78, 5) is 27.4. The zero-order valence-electron chi connectivity index (χ0n) is 18.8. The van der Waals surface area contributed by atoms with E-state index in [0.717, 1.165) is 0 Å². The van der Waals surface area contributed by atoms with Crippen LogP contribution in [0.1, 0.15) is 29.7 Å². The standard InChI is InChI=1S/C27H24N4O3/c1-17-23(26(33)30(28-17)20-11-5-3-6-12-20)25(19-10-9-15-22(32)16-19)24-18(2)29-31(27(24)34)21-13-7-4-8-14-21/h3-16,23,25,29,32H,1-2H3/t23-,25+/m1/s1. The maximum absolute atomic E-state index is 13.7. The predicted octanol–water partition coefficient (Wildman–Crippen LogP) is 4.35. The number of nitrogens with one attached hydrogen (secondary N) is 1. The largest absolute Gasteiger partial charge is 0.508 e. The van der Waals surface area contributed by atoms with E-state index >= 15 is 0 Å². The molecule has 5 rings (SSSR count). The van der Waals surface area contributed by atoms with Gasteiger partial charge < -0.3 is 5.11 Å². The Labute approximate surface area is 196 Å². The second-order valence-corrected chi connectivity index (χ2v) is 8.40. The second-order valence-electron chi connectivity index (χ2n) is 8.40. The van der Waals surface area contributed by atoms with E-state index in [-0.39, 0.29) is 17.2 Å². The quantitative estimate of drug-likeness (QED) is 0.472. The number of para-hydroxylation sites is 2. The Balaban J connectivity index is 1.67. The smallest absolute Gasteiger partial charge is 0.275 e. The van der Waals surface area contributed by atoms with Gasteiger partial charge in [-0.25, -0.2) is 9.69 Å². The fraction of sp³-hybridized carbons (Fsp3) is 0.148. The molecule has 0 saturated heterocycles. The Kier molecular flexibility index (Phi) is 5.37. The molecular formula is C27H24N4O3. The van der Waals surface area contributed by atoms with Gasteiger partial charge >= 0.3 is 0 Å². The maximum Gasteiger partial charge on any atom is 0.275 e. The average Bonchev–Trinajstić information content (AvgIpc) is 3.31. The monoisotopic (exact) mass is 452 g/mol. The van der Waals surface area contributed by atoms with Crippen molar-refractivity contribution in [2.45, 2.75) is 19.8 Å². The highest BCUT2D eigenvalue weighted by Gasteiger charge is 2.43. The van der Waals surface area contributed by atoms with E-state index in [1.807, 2.05) is 73.7 Å². The van der Waals surface area contributed by atoms with E-state index in [2.05, 4.69) is 10.2 Å². The highest BCUT2D eigenvalue weighted by atomic mass is 16.3. The van der Waals surface area contributed by atoms with E-state index in [0.29, 0.717) is 33.9 Å². The molecule has 1 amide bonds. The van der Waals surface area contributed by atoms with Crippen LogP contribution in [0.2, 0.25) is 0 Å². The minimum Gasteiger partial charge on any atom is -0.508 e. The number of H-pyrrole nitrogens is 1. The number of rotatable bonds is 5. The molecule has 0 bridgehead atoms. The van der Waals surface area contributed by atoms with Crippen LogP contribution in [0.4, 0.5) is 5.69 Å². The topological polar surface area (TPSA) is 90.7 Å². The van der Waals surface area contributed by atoms with Crippen LogP contribution in [0.15, 0.2) is 94.8 Å². The molecule has 1 aliphatic heterocycles. The van der Waals surface area contributed by atoms with Crippen molar-refractivity contribution in [3.8, 4) is 11.4 Å². The first-order valence-corrected chi connectivity index (χ1v) is 11.1. The Morgan fingerprint density at radius 1 is 0.882 bits per heavy atom. The first-order chi connectivity index (χ1) is 16.5. The fourth-order valence-corrected chi connectivity index (χ4v) is 4.65. The number of amides is 1. The van der Waals surface area contributed by atoms with Crippen molar-refractivity contribution in [2.75, 3.05) is 5.01 Å². The van der Waals surface area contributed by atoms with E-state index in [1.165, 1.54) is 9.69 Å². The number of aromatic nitrogens is 2. The van der Waals surface area contributed by atoms with Crippen molar-refractivity contribution in [3.05, 3.63) is 112 Å². The van der Waals surface area contributed by atoms with Gasteiger partial charge in [-0.1, -0.05) is 48.5 Å². The number of aromatic amines is 1. The minimum atomic E-state index is -0.701. The lowest BCUT2D eigenvalue weighted by molar-refractivity contribution is -0.120. The molecule has 2 heterocycles. The van der Waals surface area contributed by atoms with Crippen LogP contribution in [0.3, 0.4) is 0 Å². The molecule has 1 aliphatic rings. The van der Waals surface area contributed by atoms with Crippen molar-refractivity contribution in [1.29, 1.82) is 0 Å². The lowest BCUT2D eigenvalue weighted by Gasteiger charge is -2.23. The molecule has 0 aliphatic carbocycles. The Morgan fingerprint density at radius 3 is 2.18 bits per heavy atom. The minimum absolute atomic E-state index is 0.0685. The molecule has 34 heavy (non-hydrogen) atoms. The predicted molar refractivity (Wildman–Crippen MR) is 132 cm³/mol. The molecule has 0 radical (unpaired) electrons. The van der Waals surface area contributed by atoms with Gasteiger partial charge in [-0.05, 0) is 55.8 Å². The normalized spacial score (nSPS) is 16.5. The molecule has 2 atom stereocenters. The number of phenolic OH excluding ortho intramolecular Hbond substituents is 1. The summed E-state index contributed by atoms with van der Waals surface area (Å²) in [5.74, 6) is -1.48. The molecule has 0 spiro atoms. The van der Waals surface area contributed by atoms with Crippen LogP contribution in [-0.2, 0) is 4.79 Å². The molecule has 2 N–H and O–H groups in total. The van der Waals surface area contributed by atoms with Gasteiger partial charge in [0.05, 0.1) is 17.3 Å². The third-order valence-corrected chi connectivity index (χ3v) is 6.19. The molecule has 4 aromatic rings. The van der Waals surface area contributed by atoms with Gasteiger partial charge in [0.25, 0.3) is 11.5 Å². The lowest BCUT2D eigenvalue weighted by atomic mass is 9.78. The summed E-state index contributed by atoms with van der Waals surface area (Å²) in [6.07, 6.45) is 0. The van der Waals surface area contributed by atoms with Crippen molar-refractivity contribution in [2.24, 2.45) is 11.0 Å². The van der Waals surface area contributed by atoms with E-state index in [4.69, 9.17) is 0 Å². The summed E-state index contributed by atoms with van der Waals surface area (Å²) in [7, 11) is 0. The number of carbonyl (C=O) groups is 1. The van der Waals surface area contributed by atoms with Crippen molar-refractivity contribution < 1.29 is 9.90 Å². The van der Waals surface area contributed by atoms with Gasteiger partial charge in [0.15, 0.2) is 0 Å². The van der Waals surface area contributed by atoms with Gasteiger partial charge in [-0.2, -0.15) is 5.10 Å². The van der Waals surface area contributed by atoms with Crippen LogP contribution < -0.4 is 10.6 Å². The van der Waals surface area contributed by atoms with Crippen LogP contribution in [0.25, 0.3) is 5.69 Å². The van der Waals surface area contributed by atoms with Gasteiger partial charge in [0, 0.05) is 22.9 Å². The number of hydrogen-bond acceptors (Lipinski definition) is 4. The van der Waals surface area contributed by atoms with Gasteiger partial charge in [-0.3, -0.25) is 14.7 Å². The Hall–Kier alpha value is -4.39. The number of hydrogen-bond donors (Lipinski definition) is 2. The van der Waals surface area contributed by atoms with Crippen molar-refractivity contribution in [1.82, 2.24) is 9.78 Å². The first kappa shape index (κ1) is 21.5. The van der Waals surface area contributed by atoms with E-state index in [1.54, 1.807) is 25.1 Å². The summed E-state index contributed by atoms with van der Waals surface area (Å²) >= 11 is 0. The molecule has 7 heteroatoms. The number of anilines is 1. The van der Waals surface area contributed by atoms with Crippen LogP contribution in [-0.4, -0.2) is 26.5 Å². The van der Waals surface area contributed by atoms with E-state index in [9.17, 15) is 14.7 Å². The highest BCUT2D eigenvalue weighted by molar-refractivity contribution is 6.15. The molecule has 7 nitrogen and oxygen atoms in total. The number of aromatic hydroxyl groups is 1. The highest BCUT2D eigenvalue weighted by Crippen LogP contribution is 2.39. The molecule has 3 aromatic carbocycles. The Morgan fingerprint density at radius 2 is 1.53 bits per heavy atom. The number of aryl methyl sites for hydroxylation is 1. The average molecular weight is 453 g/mol. The first-order valence-electron chi connectivity index (χ1n) is 11.1. The summed E-state index contributed by atoms with van der Waals surface area (Å²) in [5.41, 5.74) is 3.52. The molecular weight excluding hydrogens is 428 g/mol. The number of nitrogens with zero attached hydrogens (tertiary/aromatic N) is 3. The molecule has 0 fully saturated rings. The third kappa shape index (κ3) is 3.61. The van der Waals surface area contributed by atoms with Crippen molar-refractivity contribution >= 4 is 17.3 Å². The van der Waals surface area contributed by atoms with Gasteiger partial charge in [0.2, 0.25) is 0 Å². The fourth-order valence-electron chi connectivity index (χ4n) is 4.65. The molecule has 0 saturated carbocycles. The molecule has 170 valence electrons. The zero-order chi connectivity index (χ0) is 23.8. The lowest BCUT2D eigenvalue weighted by Crippen LogP contribution is -2.34. The van der Waals surface area contributed by atoms with Gasteiger partial charge in [0.1, 0.15) is 5.75 Å². The Bertz CT molecular complexity index is 1440. The number of hydrazone groups is 1. The van der Waals surface area contributed by atoms with Crippen LogP contribution in [0.5, 0.6) is 5.75 Å². The number of benzene rings is 3. The summed E-state index contributed by atoms with van der Waals surface area (Å²) in [5, 5.41) is 19.3. The van der Waals surface area contributed by atoms with E-state index < -0.39 is 11.8 Å². The number of carbonyl (C=O) groups excluding carboxylic acids is 1. The summed E-state index contributed by atoms with van der Waals surface area (Å²) in [6, 6.07) is 25.2. The van der Waals surface area contributed by atoms with Crippen LogP contribution in [0, 0.1) is 12.8 Å². The maximum atomic E-state index is 13.7.